The molecule has 1 aliphatic rings. The van der Waals surface area contributed by atoms with Crippen LogP contribution in [0, 0.1) is 0 Å². The monoisotopic (exact) mass is 259 g/mol. The van der Waals surface area contributed by atoms with Crippen LogP contribution in [0.4, 0.5) is 5.13 Å². The predicted octanol–water partition coefficient (Wildman–Crippen LogP) is 0.0793. The Morgan fingerprint density at radius 1 is 1.81 bits per heavy atom. The molecule has 0 aliphatic carbocycles. The van der Waals surface area contributed by atoms with E-state index < -0.39 is 11.5 Å². The molecule has 1 fully saturated rings. The number of rotatable bonds is 2. The Morgan fingerprint density at radius 2 is 2.56 bits per heavy atom. The van der Waals surface area contributed by atoms with Crippen molar-refractivity contribution in [3.05, 3.63) is 11.1 Å². The third-order valence-corrected chi connectivity index (χ3v) is 3.30. The lowest BCUT2D eigenvalue weighted by Crippen LogP contribution is -2.32. The minimum Gasteiger partial charge on any atom is -0.464 e. The van der Waals surface area contributed by atoms with Gasteiger partial charge >= 0.3 is 5.97 Å². The number of carbonyl (C=O) groups is 2. The van der Waals surface area contributed by atoms with Crippen LogP contribution >= 0.6 is 24.0 Å². The first-order valence-electron chi connectivity index (χ1n) is 4.41. The highest BCUT2D eigenvalue weighted by Crippen LogP contribution is 2.25. The smallest absolute Gasteiger partial charge is 0.357 e. The van der Waals surface area contributed by atoms with Gasteiger partial charge in [-0.3, -0.25) is 15.0 Å². The number of methoxy groups -OCH3 is 1. The molecule has 2 rings (SSSR count). The molecule has 8 heteroatoms. The van der Waals surface area contributed by atoms with Crippen LogP contribution in [0.25, 0.3) is 0 Å². The van der Waals surface area contributed by atoms with E-state index in [9.17, 15) is 9.59 Å². The first-order chi connectivity index (χ1) is 7.63. The highest BCUT2D eigenvalue weighted by atomic mass is 32.1. The van der Waals surface area contributed by atoms with Crippen LogP contribution in [0.3, 0.4) is 0 Å². The van der Waals surface area contributed by atoms with E-state index in [1.165, 1.54) is 23.3 Å². The molecule has 1 atom stereocenters. The summed E-state index contributed by atoms with van der Waals surface area (Å²) in [6.07, 6.45) is 0. The molecular weight excluding hydrogens is 250 g/mol. The molecule has 0 spiro atoms. The lowest BCUT2D eigenvalue weighted by molar-refractivity contribution is -0.116. The fourth-order valence-electron chi connectivity index (χ4n) is 1.28. The standard InChI is InChI=1S/C8H9N3O3S2/c1-14-6(13)4-3-16-8(10-4)11-5(12)2-9-7(11)15/h3,7,9,15H,2H2,1H3. The largest absolute Gasteiger partial charge is 0.464 e. The number of thiol groups is 1. The first kappa shape index (κ1) is 11.4. The highest BCUT2D eigenvalue weighted by Gasteiger charge is 2.31. The van der Waals surface area contributed by atoms with Gasteiger partial charge in [0.15, 0.2) is 10.8 Å². The van der Waals surface area contributed by atoms with Gasteiger partial charge in [0.05, 0.1) is 13.7 Å². The number of nitrogens with one attached hydrogen (secondary N) is 1. The molecule has 0 aromatic carbocycles. The van der Waals surface area contributed by atoms with E-state index >= 15 is 0 Å². The molecule has 1 aromatic heterocycles. The number of thiazole rings is 1. The average Bonchev–Trinajstić information content (AvgIpc) is 2.85. The Kier molecular flexibility index (Phi) is 3.13. The van der Waals surface area contributed by atoms with Gasteiger partial charge in [0.2, 0.25) is 5.91 Å². The summed E-state index contributed by atoms with van der Waals surface area (Å²) in [5.41, 5.74) is -0.202. The first-order valence-corrected chi connectivity index (χ1v) is 5.80. The summed E-state index contributed by atoms with van der Waals surface area (Å²) in [5.74, 6) is -0.636. The topological polar surface area (TPSA) is 71.5 Å². The molecule has 1 aliphatic heterocycles. The number of amides is 1. The highest BCUT2D eigenvalue weighted by molar-refractivity contribution is 7.81. The summed E-state index contributed by atoms with van der Waals surface area (Å²) in [6.45, 7) is 0.224. The van der Waals surface area contributed by atoms with Crippen LogP contribution in [-0.2, 0) is 9.53 Å². The second kappa shape index (κ2) is 4.40. The molecule has 1 aromatic rings. The van der Waals surface area contributed by atoms with Gasteiger partial charge in [-0.25, -0.2) is 9.78 Å². The summed E-state index contributed by atoms with van der Waals surface area (Å²) in [5, 5.41) is 4.85. The zero-order valence-corrected chi connectivity index (χ0v) is 10.0. The van der Waals surface area contributed by atoms with Crippen molar-refractivity contribution in [2.75, 3.05) is 18.6 Å². The van der Waals surface area contributed by atoms with E-state index in [0.717, 1.165) is 0 Å². The maximum absolute atomic E-state index is 11.5. The maximum Gasteiger partial charge on any atom is 0.357 e. The number of aromatic nitrogens is 1. The normalized spacial score (nSPS) is 20.2. The van der Waals surface area contributed by atoms with Gasteiger partial charge in [-0.2, -0.15) is 0 Å². The SMILES string of the molecule is COC(=O)c1csc(N2C(=O)CNC2S)n1. The molecule has 0 radical (unpaired) electrons. The van der Waals surface area contributed by atoms with Crippen molar-refractivity contribution in [2.45, 2.75) is 5.50 Å². The van der Waals surface area contributed by atoms with E-state index in [0.29, 0.717) is 5.13 Å². The van der Waals surface area contributed by atoms with Crippen LogP contribution in [0.1, 0.15) is 10.5 Å². The predicted molar refractivity (Wildman–Crippen MR) is 61.7 cm³/mol. The van der Waals surface area contributed by atoms with Crippen molar-refractivity contribution in [1.82, 2.24) is 10.3 Å². The van der Waals surface area contributed by atoms with E-state index in [1.807, 2.05) is 0 Å². The van der Waals surface area contributed by atoms with Crippen LogP contribution < -0.4 is 10.2 Å². The van der Waals surface area contributed by atoms with Gasteiger partial charge < -0.3 is 4.74 Å². The van der Waals surface area contributed by atoms with Crippen molar-refractivity contribution in [2.24, 2.45) is 0 Å². The van der Waals surface area contributed by atoms with Crippen molar-refractivity contribution in [3.8, 4) is 0 Å². The molecule has 0 bridgehead atoms. The van der Waals surface area contributed by atoms with Gasteiger partial charge in [-0.1, -0.05) is 0 Å². The maximum atomic E-state index is 11.5. The van der Waals surface area contributed by atoms with Gasteiger partial charge in [-0.05, 0) is 0 Å². The molecule has 86 valence electrons. The minimum absolute atomic E-state index is 0.120. The minimum atomic E-state index is -0.516. The van der Waals surface area contributed by atoms with Gasteiger partial charge in [0, 0.05) is 5.38 Å². The van der Waals surface area contributed by atoms with Gasteiger partial charge in [0.25, 0.3) is 0 Å². The van der Waals surface area contributed by atoms with E-state index in [2.05, 4.69) is 27.7 Å². The van der Waals surface area contributed by atoms with Crippen molar-refractivity contribution in [1.29, 1.82) is 0 Å². The van der Waals surface area contributed by atoms with Gasteiger partial charge in [0.1, 0.15) is 5.50 Å². The third-order valence-electron chi connectivity index (χ3n) is 2.04. The summed E-state index contributed by atoms with van der Waals surface area (Å²) < 4.78 is 4.53. The van der Waals surface area contributed by atoms with Crippen molar-refractivity contribution in [3.63, 3.8) is 0 Å². The molecule has 0 saturated carbocycles. The van der Waals surface area contributed by atoms with Crippen LogP contribution in [-0.4, -0.2) is 36.0 Å². The molecular formula is C8H9N3O3S2. The number of ether oxygens (including phenoxy) is 1. The molecule has 1 amide bonds. The summed E-state index contributed by atoms with van der Waals surface area (Å²) >= 11 is 5.39. The molecule has 16 heavy (non-hydrogen) atoms. The van der Waals surface area contributed by atoms with E-state index in [-0.39, 0.29) is 18.1 Å². The average molecular weight is 259 g/mol. The third kappa shape index (κ3) is 1.91. The fourth-order valence-corrected chi connectivity index (χ4v) is 2.52. The van der Waals surface area contributed by atoms with E-state index in [4.69, 9.17) is 0 Å². The van der Waals surface area contributed by atoms with E-state index in [1.54, 1.807) is 5.38 Å². The zero-order valence-electron chi connectivity index (χ0n) is 8.34. The number of carbonyl (C=O) groups excluding carboxylic acids is 2. The molecule has 6 nitrogen and oxygen atoms in total. The van der Waals surface area contributed by atoms with Crippen molar-refractivity contribution < 1.29 is 14.3 Å². The Balaban J connectivity index is 2.24. The fraction of sp³-hybridized carbons (Fsp3) is 0.375. The lowest BCUT2D eigenvalue weighted by Gasteiger charge is -2.15. The van der Waals surface area contributed by atoms with Crippen LogP contribution in [0.2, 0.25) is 0 Å². The molecule has 2 heterocycles. The molecule has 1 saturated heterocycles. The number of esters is 1. The number of anilines is 1. The number of hydrogen-bond acceptors (Lipinski definition) is 7. The van der Waals surface area contributed by atoms with Crippen LogP contribution in [0.15, 0.2) is 5.38 Å². The number of hydrogen-bond donors (Lipinski definition) is 2. The summed E-state index contributed by atoms with van der Waals surface area (Å²) in [4.78, 5) is 28.1. The van der Waals surface area contributed by atoms with Gasteiger partial charge in [-0.15, -0.1) is 24.0 Å². The summed E-state index contributed by atoms with van der Waals surface area (Å²) in [6, 6.07) is 0. The number of nitrogens with zero attached hydrogens (tertiary/aromatic N) is 2. The Labute approximate surface area is 101 Å². The molecule has 1 unspecified atom stereocenters. The molecule has 1 N–H and O–H groups in total. The zero-order chi connectivity index (χ0) is 11.7. The Hall–Kier alpha value is -1.12. The second-order valence-electron chi connectivity index (χ2n) is 3.03. The second-order valence-corrected chi connectivity index (χ2v) is 4.35. The summed E-state index contributed by atoms with van der Waals surface area (Å²) in [7, 11) is 1.28. The van der Waals surface area contributed by atoms with Crippen LogP contribution in [0.5, 0.6) is 0 Å². The quantitative estimate of drug-likeness (QED) is 0.581. The lowest BCUT2D eigenvalue weighted by atomic mass is 10.5. The Morgan fingerprint density at radius 3 is 3.12 bits per heavy atom. The van der Waals surface area contributed by atoms with Crippen molar-refractivity contribution >= 4 is 41.0 Å². The Bertz CT molecular complexity index is 434.